The van der Waals surface area contributed by atoms with Crippen LogP contribution in [0.4, 0.5) is 0 Å². The van der Waals surface area contributed by atoms with Crippen molar-refractivity contribution in [3.63, 3.8) is 0 Å². The van der Waals surface area contributed by atoms with Crippen LogP contribution in [0.5, 0.6) is 0 Å². The topological polar surface area (TPSA) is 50.4 Å². The van der Waals surface area contributed by atoms with Crippen LogP contribution < -0.4 is 0 Å². The molecule has 72 valence electrons. The molecule has 0 saturated carbocycles. The largest absolute Gasteiger partial charge is 0.478 e. The van der Waals surface area contributed by atoms with Gasteiger partial charge in [-0.25, -0.2) is 4.79 Å². The predicted molar refractivity (Wildman–Crippen MR) is 60.6 cm³/mol. The SMILES string of the molecule is Cc1oc2ccc(C(=O)O)cc2c1I. The van der Waals surface area contributed by atoms with Gasteiger partial charge in [-0.15, -0.1) is 0 Å². The second-order valence-corrected chi connectivity index (χ2v) is 4.07. The van der Waals surface area contributed by atoms with Gasteiger partial charge in [0.05, 0.1) is 9.13 Å². The number of benzene rings is 1. The Bertz CT molecular complexity index is 513. The lowest BCUT2D eigenvalue weighted by molar-refractivity contribution is 0.0697. The first-order valence-corrected chi connectivity index (χ1v) is 5.09. The lowest BCUT2D eigenvalue weighted by atomic mass is 10.1. The van der Waals surface area contributed by atoms with E-state index in [0.717, 1.165) is 20.3 Å². The van der Waals surface area contributed by atoms with Crippen LogP contribution in [0.3, 0.4) is 0 Å². The number of carboxylic acid groups (broad SMARTS) is 1. The van der Waals surface area contributed by atoms with E-state index in [1.807, 2.05) is 6.92 Å². The van der Waals surface area contributed by atoms with Crippen molar-refractivity contribution in [2.75, 3.05) is 0 Å². The third-order valence-corrected chi connectivity index (χ3v) is 3.38. The maximum absolute atomic E-state index is 10.7. The van der Waals surface area contributed by atoms with E-state index in [1.54, 1.807) is 18.2 Å². The molecule has 1 aromatic carbocycles. The lowest BCUT2D eigenvalue weighted by Crippen LogP contribution is -1.94. The number of hydrogen-bond acceptors (Lipinski definition) is 2. The van der Waals surface area contributed by atoms with E-state index >= 15 is 0 Å². The highest BCUT2D eigenvalue weighted by Crippen LogP contribution is 2.27. The summed E-state index contributed by atoms with van der Waals surface area (Å²) in [6.07, 6.45) is 0. The van der Waals surface area contributed by atoms with E-state index < -0.39 is 5.97 Å². The fraction of sp³-hybridized carbons (Fsp3) is 0.100. The summed E-state index contributed by atoms with van der Waals surface area (Å²) in [5.74, 6) is -0.0929. The number of hydrogen-bond donors (Lipinski definition) is 1. The lowest BCUT2D eigenvalue weighted by Gasteiger charge is -1.93. The molecule has 2 aromatic rings. The standard InChI is InChI=1S/C10H7IO3/c1-5-9(11)7-4-6(10(12)13)2-3-8(7)14-5/h2-4H,1H3,(H,12,13). The highest BCUT2D eigenvalue weighted by atomic mass is 127. The van der Waals surface area contributed by atoms with Crippen LogP contribution in [0.1, 0.15) is 16.1 Å². The number of carbonyl (C=O) groups is 1. The summed E-state index contributed by atoms with van der Waals surface area (Å²) < 4.78 is 6.41. The summed E-state index contributed by atoms with van der Waals surface area (Å²) in [4.78, 5) is 10.7. The van der Waals surface area contributed by atoms with Crippen molar-refractivity contribution in [2.24, 2.45) is 0 Å². The Morgan fingerprint density at radius 1 is 1.50 bits per heavy atom. The number of rotatable bonds is 1. The summed E-state index contributed by atoms with van der Waals surface area (Å²) in [5.41, 5.74) is 1.02. The number of fused-ring (bicyclic) bond motifs is 1. The molecular weight excluding hydrogens is 295 g/mol. The second kappa shape index (κ2) is 3.27. The van der Waals surface area contributed by atoms with Crippen LogP contribution >= 0.6 is 22.6 Å². The molecule has 0 unspecified atom stereocenters. The molecule has 0 aliphatic rings. The van der Waals surface area contributed by atoms with E-state index in [-0.39, 0.29) is 5.56 Å². The van der Waals surface area contributed by atoms with Crippen molar-refractivity contribution < 1.29 is 14.3 Å². The summed E-state index contributed by atoms with van der Waals surface area (Å²) >= 11 is 2.15. The highest BCUT2D eigenvalue weighted by Gasteiger charge is 2.10. The molecule has 0 radical (unpaired) electrons. The van der Waals surface area contributed by atoms with Crippen molar-refractivity contribution in [1.29, 1.82) is 0 Å². The number of furan rings is 1. The van der Waals surface area contributed by atoms with Gasteiger partial charge in [-0.2, -0.15) is 0 Å². The van der Waals surface area contributed by atoms with E-state index in [2.05, 4.69) is 22.6 Å². The average Bonchev–Trinajstić information content (AvgIpc) is 2.43. The molecule has 0 spiro atoms. The van der Waals surface area contributed by atoms with Gasteiger partial charge in [-0.3, -0.25) is 0 Å². The van der Waals surface area contributed by atoms with Crippen LogP contribution in [0.25, 0.3) is 11.0 Å². The summed E-state index contributed by atoms with van der Waals surface area (Å²) in [7, 11) is 0. The molecule has 2 rings (SSSR count). The molecule has 14 heavy (non-hydrogen) atoms. The molecule has 1 aromatic heterocycles. The first-order valence-electron chi connectivity index (χ1n) is 4.01. The summed E-state index contributed by atoms with van der Waals surface area (Å²) in [5, 5.41) is 9.67. The maximum Gasteiger partial charge on any atom is 0.335 e. The maximum atomic E-state index is 10.7. The molecule has 0 aliphatic heterocycles. The Labute approximate surface area is 93.9 Å². The van der Waals surface area contributed by atoms with Crippen molar-refractivity contribution in [3.8, 4) is 0 Å². The summed E-state index contributed by atoms with van der Waals surface area (Å²) in [6, 6.07) is 4.87. The number of halogens is 1. The molecule has 3 nitrogen and oxygen atoms in total. The van der Waals surface area contributed by atoms with Gasteiger partial charge in [0.2, 0.25) is 0 Å². The molecule has 1 heterocycles. The molecule has 0 bridgehead atoms. The fourth-order valence-corrected chi connectivity index (χ4v) is 1.85. The molecule has 1 N–H and O–H groups in total. The van der Waals surface area contributed by atoms with Crippen molar-refractivity contribution >= 4 is 39.5 Å². The highest BCUT2D eigenvalue weighted by molar-refractivity contribution is 14.1. The van der Waals surface area contributed by atoms with Gasteiger partial charge in [-0.05, 0) is 47.7 Å². The van der Waals surface area contributed by atoms with Gasteiger partial charge in [0, 0.05) is 5.39 Å². The third kappa shape index (κ3) is 1.39. The third-order valence-electron chi connectivity index (χ3n) is 2.04. The first-order chi connectivity index (χ1) is 6.59. The van der Waals surface area contributed by atoms with Crippen molar-refractivity contribution in [1.82, 2.24) is 0 Å². The predicted octanol–water partition coefficient (Wildman–Crippen LogP) is 3.04. The van der Waals surface area contributed by atoms with E-state index in [9.17, 15) is 4.79 Å². The smallest absolute Gasteiger partial charge is 0.335 e. The first kappa shape index (κ1) is 9.51. The zero-order chi connectivity index (χ0) is 10.3. The summed E-state index contributed by atoms with van der Waals surface area (Å²) in [6.45, 7) is 1.86. The Morgan fingerprint density at radius 3 is 2.86 bits per heavy atom. The van der Waals surface area contributed by atoms with Gasteiger partial charge in [-0.1, -0.05) is 0 Å². The number of carboxylic acids is 1. The number of aromatic carboxylic acids is 1. The normalized spacial score (nSPS) is 10.7. The zero-order valence-corrected chi connectivity index (χ0v) is 9.53. The minimum Gasteiger partial charge on any atom is -0.478 e. The molecule has 0 saturated heterocycles. The Hall–Kier alpha value is -1.04. The molecule has 0 atom stereocenters. The molecule has 0 aliphatic carbocycles. The Kier molecular flexibility index (Phi) is 2.22. The van der Waals surface area contributed by atoms with E-state index in [0.29, 0.717) is 0 Å². The molecular formula is C10H7IO3. The fourth-order valence-electron chi connectivity index (χ4n) is 1.32. The van der Waals surface area contributed by atoms with E-state index in [1.165, 1.54) is 0 Å². The van der Waals surface area contributed by atoms with Gasteiger partial charge < -0.3 is 9.52 Å². The van der Waals surface area contributed by atoms with E-state index in [4.69, 9.17) is 9.52 Å². The van der Waals surface area contributed by atoms with Gasteiger partial charge in [0.1, 0.15) is 11.3 Å². The molecule has 4 heteroatoms. The molecule has 0 fully saturated rings. The van der Waals surface area contributed by atoms with Crippen LogP contribution in [-0.4, -0.2) is 11.1 Å². The van der Waals surface area contributed by atoms with Crippen molar-refractivity contribution in [2.45, 2.75) is 6.92 Å². The second-order valence-electron chi connectivity index (χ2n) is 2.99. The van der Waals surface area contributed by atoms with Gasteiger partial charge in [0.25, 0.3) is 0 Å². The van der Waals surface area contributed by atoms with Crippen molar-refractivity contribution in [3.05, 3.63) is 33.1 Å². The molecule has 0 amide bonds. The Morgan fingerprint density at radius 2 is 2.21 bits per heavy atom. The van der Waals surface area contributed by atoms with Crippen LogP contribution in [0.15, 0.2) is 22.6 Å². The quantitative estimate of drug-likeness (QED) is 0.824. The van der Waals surface area contributed by atoms with Gasteiger partial charge >= 0.3 is 5.97 Å². The van der Waals surface area contributed by atoms with Gasteiger partial charge in [0.15, 0.2) is 0 Å². The monoisotopic (exact) mass is 302 g/mol. The Balaban J connectivity index is 2.76. The van der Waals surface area contributed by atoms with Crippen LogP contribution in [0.2, 0.25) is 0 Å². The number of aryl methyl sites for hydroxylation is 1. The van der Waals surface area contributed by atoms with Crippen LogP contribution in [0, 0.1) is 10.5 Å². The minimum absolute atomic E-state index is 0.288. The zero-order valence-electron chi connectivity index (χ0n) is 7.37. The van der Waals surface area contributed by atoms with Crippen LogP contribution in [-0.2, 0) is 0 Å². The minimum atomic E-state index is -0.915. The average molecular weight is 302 g/mol.